The average Bonchev–Trinajstić information content (AvgIpc) is 2.61. The molecule has 0 unspecified atom stereocenters. The van der Waals surface area contributed by atoms with E-state index in [4.69, 9.17) is 4.74 Å². The summed E-state index contributed by atoms with van der Waals surface area (Å²) in [6, 6.07) is 6.63. The molecule has 0 aromatic heterocycles. The van der Waals surface area contributed by atoms with Crippen LogP contribution in [0.15, 0.2) is 24.3 Å². The fourth-order valence-corrected chi connectivity index (χ4v) is 2.99. The van der Waals surface area contributed by atoms with E-state index in [0.717, 1.165) is 37.7 Å². The molecule has 6 heteroatoms. The number of likely N-dealkylation sites (tertiary alicyclic amines) is 1. The number of halogens is 1. The maximum atomic E-state index is 12.8. The molecule has 0 spiro atoms. The van der Waals surface area contributed by atoms with E-state index in [1.807, 2.05) is 0 Å². The second-order valence-electron chi connectivity index (χ2n) is 6.36. The first-order chi connectivity index (χ1) is 12.1. The van der Waals surface area contributed by atoms with Crippen molar-refractivity contribution in [3.63, 3.8) is 0 Å². The number of unbranched alkanes of at least 4 members (excludes halogenated alkanes) is 1. The van der Waals surface area contributed by atoms with Crippen molar-refractivity contribution in [2.45, 2.75) is 51.5 Å². The quantitative estimate of drug-likeness (QED) is 0.768. The largest absolute Gasteiger partial charge is 0.450 e. The summed E-state index contributed by atoms with van der Waals surface area (Å²) < 4.78 is 17.8. The van der Waals surface area contributed by atoms with Crippen molar-refractivity contribution >= 4 is 12.0 Å². The molecular formula is C19H27FN2O3. The van der Waals surface area contributed by atoms with Crippen LogP contribution in [0.25, 0.3) is 0 Å². The zero-order chi connectivity index (χ0) is 18.1. The number of amides is 2. The molecule has 25 heavy (non-hydrogen) atoms. The fourth-order valence-electron chi connectivity index (χ4n) is 2.99. The number of nitrogens with zero attached hydrogens (tertiary/aromatic N) is 1. The Labute approximate surface area is 148 Å². The summed E-state index contributed by atoms with van der Waals surface area (Å²) in [6.07, 6.45) is 4.32. The van der Waals surface area contributed by atoms with Gasteiger partial charge in [0.1, 0.15) is 5.82 Å². The number of rotatable bonds is 7. The Bertz CT molecular complexity index is 554. The van der Waals surface area contributed by atoms with Crippen molar-refractivity contribution in [2.24, 2.45) is 0 Å². The third kappa shape index (κ3) is 6.72. The number of hydrogen-bond acceptors (Lipinski definition) is 3. The first-order valence-corrected chi connectivity index (χ1v) is 9.04. The predicted molar refractivity (Wildman–Crippen MR) is 93.7 cm³/mol. The molecule has 0 radical (unpaired) electrons. The Morgan fingerprint density at radius 1 is 1.20 bits per heavy atom. The fraction of sp³-hybridized carbons (Fsp3) is 0.579. The third-order valence-corrected chi connectivity index (χ3v) is 4.42. The molecule has 2 rings (SSSR count). The summed E-state index contributed by atoms with van der Waals surface area (Å²) in [7, 11) is 0. The molecule has 1 aliphatic rings. The minimum Gasteiger partial charge on any atom is -0.450 e. The van der Waals surface area contributed by atoms with E-state index >= 15 is 0 Å². The first-order valence-electron chi connectivity index (χ1n) is 9.04. The van der Waals surface area contributed by atoms with Crippen LogP contribution in [-0.4, -0.2) is 42.6 Å². The first kappa shape index (κ1) is 19.2. The molecule has 1 heterocycles. The average molecular weight is 350 g/mol. The van der Waals surface area contributed by atoms with Gasteiger partial charge in [0.2, 0.25) is 5.91 Å². The molecule has 1 N–H and O–H groups in total. The number of ether oxygens (including phenoxy) is 1. The maximum Gasteiger partial charge on any atom is 0.409 e. The zero-order valence-electron chi connectivity index (χ0n) is 14.8. The minimum absolute atomic E-state index is 0.0636. The molecular weight excluding hydrogens is 323 g/mol. The normalized spacial score (nSPS) is 15.0. The molecule has 1 aromatic rings. The molecule has 5 nitrogen and oxygen atoms in total. The number of carbonyl (C=O) groups excluding carboxylic acids is 2. The number of aryl methyl sites for hydroxylation is 1. The lowest BCUT2D eigenvalue weighted by atomic mass is 10.0. The second kappa shape index (κ2) is 10.0. The van der Waals surface area contributed by atoms with E-state index in [-0.39, 0.29) is 23.9 Å². The molecule has 0 aliphatic carbocycles. The molecule has 0 atom stereocenters. The van der Waals surface area contributed by atoms with Gasteiger partial charge in [-0.2, -0.15) is 0 Å². The van der Waals surface area contributed by atoms with Crippen LogP contribution in [0.3, 0.4) is 0 Å². The zero-order valence-corrected chi connectivity index (χ0v) is 14.8. The molecule has 138 valence electrons. The van der Waals surface area contributed by atoms with Crippen molar-refractivity contribution in [1.29, 1.82) is 0 Å². The van der Waals surface area contributed by atoms with Crippen molar-refractivity contribution < 1.29 is 18.7 Å². The van der Waals surface area contributed by atoms with Crippen LogP contribution in [0, 0.1) is 5.82 Å². The van der Waals surface area contributed by atoms with E-state index in [0.29, 0.717) is 26.1 Å². The van der Waals surface area contributed by atoms with Gasteiger partial charge in [0.05, 0.1) is 6.61 Å². The third-order valence-electron chi connectivity index (χ3n) is 4.42. The Hall–Kier alpha value is -2.11. The van der Waals surface area contributed by atoms with Crippen LogP contribution in [-0.2, 0) is 16.0 Å². The summed E-state index contributed by atoms with van der Waals surface area (Å²) in [5.41, 5.74) is 1.09. The Morgan fingerprint density at radius 3 is 2.52 bits per heavy atom. The topological polar surface area (TPSA) is 58.6 Å². The Morgan fingerprint density at radius 2 is 1.88 bits per heavy atom. The predicted octanol–water partition coefficient (Wildman–Crippen LogP) is 3.28. The molecule has 0 saturated carbocycles. The van der Waals surface area contributed by atoms with Gasteiger partial charge in [0.15, 0.2) is 0 Å². The van der Waals surface area contributed by atoms with E-state index in [9.17, 15) is 14.0 Å². The van der Waals surface area contributed by atoms with E-state index in [1.54, 1.807) is 24.0 Å². The lowest BCUT2D eigenvalue weighted by Gasteiger charge is -2.31. The van der Waals surface area contributed by atoms with Gasteiger partial charge >= 0.3 is 6.09 Å². The van der Waals surface area contributed by atoms with E-state index in [2.05, 4.69) is 5.32 Å². The van der Waals surface area contributed by atoms with Crippen LogP contribution in [0.1, 0.15) is 44.6 Å². The Kier molecular flexibility index (Phi) is 7.70. The number of benzene rings is 1. The standard InChI is InChI=1S/C19H27FN2O3/c1-2-25-19(24)22-13-11-17(12-14-22)21-18(23)6-4-3-5-15-7-9-16(20)10-8-15/h7-10,17H,2-6,11-14H2,1H3,(H,21,23). The lowest BCUT2D eigenvalue weighted by molar-refractivity contribution is -0.122. The Balaban J connectivity index is 1.58. The lowest BCUT2D eigenvalue weighted by Crippen LogP contribution is -2.46. The maximum absolute atomic E-state index is 12.8. The van der Waals surface area contributed by atoms with Gasteiger partial charge in [-0.15, -0.1) is 0 Å². The number of hydrogen-bond donors (Lipinski definition) is 1. The van der Waals surface area contributed by atoms with Crippen molar-refractivity contribution in [1.82, 2.24) is 10.2 Å². The highest BCUT2D eigenvalue weighted by Gasteiger charge is 2.24. The van der Waals surface area contributed by atoms with Gasteiger partial charge in [-0.05, 0) is 56.7 Å². The van der Waals surface area contributed by atoms with E-state index in [1.165, 1.54) is 12.1 Å². The summed E-state index contributed by atoms with van der Waals surface area (Å²) in [4.78, 5) is 25.3. The highest BCUT2D eigenvalue weighted by Crippen LogP contribution is 2.12. The smallest absolute Gasteiger partial charge is 0.409 e. The molecule has 0 bridgehead atoms. The summed E-state index contributed by atoms with van der Waals surface area (Å²) in [5.74, 6) is -0.161. The molecule has 1 saturated heterocycles. The minimum atomic E-state index is -0.270. The number of nitrogens with one attached hydrogen (secondary N) is 1. The van der Waals surface area contributed by atoms with E-state index < -0.39 is 0 Å². The van der Waals surface area contributed by atoms with Gasteiger partial charge in [0, 0.05) is 25.6 Å². The SMILES string of the molecule is CCOC(=O)N1CCC(NC(=O)CCCCc2ccc(F)cc2)CC1. The second-order valence-corrected chi connectivity index (χ2v) is 6.36. The van der Waals surface area contributed by atoms with Gasteiger partial charge < -0.3 is 15.0 Å². The highest BCUT2D eigenvalue weighted by atomic mass is 19.1. The summed E-state index contributed by atoms with van der Waals surface area (Å²) in [5, 5.41) is 3.05. The summed E-state index contributed by atoms with van der Waals surface area (Å²) in [6.45, 7) is 3.41. The molecule has 1 aliphatic heterocycles. The van der Waals surface area contributed by atoms with Gasteiger partial charge in [-0.1, -0.05) is 12.1 Å². The molecule has 1 aromatic carbocycles. The highest BCUT2D eigenvalue weighted by molar-refractivity contribution is 5.76. The molecule has 2 amide bonds. The van der Waals surface area contributed by atoms with Gasteiger partial charge in [-0.25, -0.2) is 9.18 Å². The van der Waals surface area contributed by atoms with Gasteiger partial charge in [-0.3, -0.25) is 4.79 Å². The van der Waals surface area contributed by atoms with Gasteiger partial charge in [0.25, 0.3) is 0 Å². The van der Waals surface area contributed by atoms with Crippen LogP contribution >= 0.6 is 0 Å². The number of carbonyl (C=O) groups is 2. The monoisotopic (exact) mass is 350 g/mol. The number of piperidine rings is 1. The van der Waals surface area contributed by atoms with Crippen molar-refractivity contribution in [3.8, 4) is 0 Å². The molecule has 1 fully saturated rings. The van der Waals surface area contributed by atoms with Crippen LogP contribution < -0.4 is 5.32 Å². The van der Waals surface area contributed by atoms with Crippen LogP contribution in [0.4, 0.5) is 9.18 Å². The van der Waals surface area contributed by atoms with Crippen LogP contribution in [0.2, 0.25) is 0 Å². The summed E-state index contributed by atoms with van der Waals surface area (Å²) >= 11 is 0. The van der Waals surface area contributed by atoms with Crippen LogP contribution in [0.5, 0.6) is 0 Å². The van der Waals surface area contributed by atoms with Crippen molar-refractivity contribution in [3.05, 3.63) is 35.6 Å². The van der Waals surface area contributed by atoms with Crippen molar-refractivity contribution in [2.75, 3.05) is 19.7 Å².